The zero-order valence-corrected chi connectivity index (χ0v) is 5.13. The third kappa shape index (κ3) is 1.16. The van der Waals surface area contributed by atoms with Gasteiger partial charge >= 0.3 is 0 Å². The molecule has 1 heterocycles. The Hall–Kier alpha value is -1.12. The van der Waals surface area contributed by atoms with Crippen molar-refractivity contribution >= 4 is 5.88 Å². The summed E-state index contributed by atoms with van der Waals surface area (Å²) in [4.78, 5) is 9.79. The summed E-state index contributed by atoms with van der Waals surface area (Å²) in [6.07, 6.45) is 0.801. The molecule has 0 aromatic carbocycles. The molecule has 0 aliphatic heterocycles. The van der Waals surface area contributed by atoms with Gasteiger partial charge in [-0.1, -0.05) is 6.92 Å². The molecule has 0 aliphatic carbocycles. The molecule has 0 radical (unpaired) electrons. The van der Waals surface area contributed by atoms with Gasteiger partial charge in [0.15, 0.2) is 0 Å². The zero-order chi connectivity index (χ0) is 6.69. The minimum atomic E-state index is 0.159. The summed E-state index contributed by atoms with van der Waals surface area (Å²) in [7, 11) is 0. The highest BCUT2D eigenvalue weighted by molar-refractivity contribution is 5.24. The molecule has 0 aliphatic rings. The lowest BCUT2D eigenvalue weighted by atomic mass is 10.4. The van der Waals surface area contributed by atoms with Crippen LogP contribution in [0.2, 0.25) is 0 Å². The van der Waals surface area contributed by atoms with Gasteiger partial charge in [-0.15, -0.1) is 4.91 Å². The molecule has 0 saturated heterocycles. The molecule has 9 heavy (non-hydrogen) atoms. The Balaban J connectivity index is 2.86. The molecule has 1 aromatic rings. The van der Waals surface area contributed by atoms with Crippen LogP contribution in [0.3, 0.4) is 0 Å². The van der Waals surface area contributed by atoms with Gasteiger partial charge in [0.1, 0.15) is 5.76 Å². The summed E-state index contributed by atoms with van der Waals surface area (Å²) >= 11 is 0. The predicted molar refractivity (Wildman–Crippen MR) is 33.5 cm³/mol. The molecular formula is C6H7NO2. The fourth-order valence-corrected chi connectivity index (χ4v) is 0.606. The van der Waals surface area contributed by atoms with E-state index in [2.05, 4.69) is 5.18 Å². The van der Waals surface area contributed by atoms with Gasteiger partial charge in [-0.3, -0.25) is 0 Å². The first-order valence-electron chi connectivity index (χ1n) is 2.79. The largest absolute Gasteiger partial charge is 0.441 e. The van der Waals surface area contributed by atoms with Crippen molar-refractivity contribution in [2.24, 2.45) is 5.18 Å². The van der Waals surface area contributed by atoms with Crippen LogP contribution in [0.5, 0.6) is 0 Å². The SMILES string of the molecule is CCc1ccc(N=O)o1. The molecule has 1 rings (SSSR count). The molecule has 0 N–H and O–H groups in total. The van der Waals surface area contributed by atoms with E-state index < -0.39 is 0 Å². The molecule has 0 bridgehead atoms. The average molecular weight is 125 g/mol. The number of furan rings is 1. The molecule has 0 amide bonds. The minimum absolute atomic E-state index is 0.159. The van der Waals surface area contributed by atoms with Crippen molar-refractivity contribution < 1.29 is 4.42 Å². The van der Waals surface area contributed by atoms with Crippen LogP contribution in [0.25, 0.3) is 0 Å². The molecule has 1 aromatic heterocycles. The molecule has 0 atom stereocenters. The van der Waals surface area contributed by atoms with Crippen LogP contribution in [-0.2, 0) is 6.42 Å². The standard InChI is InChI=1S/C6H7NO2/c1-2-5-3-4-6(7-8)9-5/h3-4H,2H2,1H3. The maximum atomic E-state index is 9.79. The van der Waals surface area contributed by atoms with E-state index in [1.165, 1.54) is 0 Å². The highest BCUT2D eigenvalue weighted by atomic mass is 16.4. The van der Waals surface area contributed by atoms with Crippen LogP contribution in [-0.4, -0.2) is 0 Å². The number of nitroso groups, excluding NO2 is 1. The van der Waals surface area contributed by atoms with Gasteiger partial charge in [-0.25, -0.2) is 0 Å². The summed E-state index contributed by atoms with van der Waals surface area (Å²) in [6, 6.07) is 3.31. The summed E-state index contributed by atoms with van der Waals surface area (Å²) in [5, 5.41) is 2.62. The van der Waals surface area contributed by atoms with Crippen molar-refractivity contribution in [1.29, 1.82) is 0 Å². The third-order valence-electron chi connectivity index (χ3n) is 1.09. The van der Waals surface area contributed by atoms with Gasteiger partial charge in [0.25, 0.3) is 5.88 Å². The van der Waals surface area contributed by atoms with Crippen LogP contribution in [0, 0.1) is 4.91 Å². The molecular weight excluding hydrogens is 118 g/mol. The molecule has 3 heteroatoms. The predicted octanol–water partition coefficient (Wildman–Crippen LogP) is 2.24. The number of nitrogens with zero attached hydrogens (tertiary/aromatic N) is 1. The van der Waals surface area contributed by atoms with Gasteiger partial charge in [0, 0.05) is 17.7 Å². The lowest BCUT2D eigenvalue weighted by molar-refractivity contribution is 0.525. The molecule has 48 valence electrons. The number of hydrogen-bond acceptors (Lipinski definition) is 3. The van der Waals surface area contributed by atoms with Crippen LogP contribution >= 0.6 is 0 Å². The van der Waals surface area contributed by atoms with Gasteiger partial charge in [0.05, 0.1) is 0 Å². The Morgan fingerprint density at radius 2 is 2.44 bits per heavy atom. The molecule has 0 spiro atoms. The number of hydrogen-bond donors (Lipinski definition) is 0. The van der Waals surface area contributed by atoms with Crippen LogP contribution in [0.15, 0.2) is 21.7 Å². The van der Waals surface area contributed by atoms with Crippen molar-refractivity contribution in [2.75, 3.05) is 0 Å². The second-order valence-electron chi connectivity index (χ2n) is 1.68. The maximum absolute atomic E-state index is 9.79. The Kier molecular flexibility index (Phi) is 1.63. The minimum Gasteiger partial charge on any atom is -0.441 e. The van der Waals surface area contributed by atoms with Crippen LogP contribution in [0.4, 0.5) is 5.88 Å². The second kappa shape index (κ2) is 2.44. The Morgan fingerprint density at radius 1 is 1.67 bits per heavy atom. The molecule has 3 nitrogen and oxygen atoms in total. The van der Waals surface area contributed by atoms with E-state index in [-0.39, 0.29) is 5.88 Å². The zero-order valence-electron chi connectivity index (χ0n) is 5.13. The second-order valence-corrected chi connectivity index (χ2v) is 1.68. The first kappa shape index (κ1) is 6.01. The lowest BCUT2D eigenvalue weighted by Crippen LogP contribution is -1.67. The fourth-order valence-electron chi connectivity index (χ4n) is 0.606. The quantitative estimate of drug-likeness (QED) is 0.569. The van der Waals surface area contributed by atoms with Crippen molar-refractivity contribution in [1.82, 2.24) is 0 Å². The molecule has 0 saturated carbocycles. The number of aryl methyl sites for hydroxylation is 1. The van der Waals surface area contributed by atoms with Crippen LogP contribution < -0.4 is 0 Å². The van der Waals surface area contributed by atoms with E-state index >= 15 is 0 Å². The van der Waals surface area contributed by atoms with Crippen molar-refractivity contribution in [3.05, 3.63) is 22.8 Å². The topological polar surface area (TPSA) is 42.6 Å². The van der Waals surface area contributed by atoms with Crippen molar-refractivity contribution in [3.8, 4) is 0 Å². The van der Waals surface area contributed by atoms with E-state index in [4.69, 9.17) is 4.42 Å². The van der Waals surface area contributed by atoms with E-state index in [0.717, 1.165) is 12.2 Å². The highest BCUT2D eigenvalue weighted by Crippen LogP contribution is 2.15. The van der Waals surface area contributed by atoms with Crippen molar-refractivity contribution in [2.45, 2.75) is 13.3 Å². The normalized spacial score (nSPS) is 9.44. The monoisotopic (exact) mass is 125 g/mol. The van der Waals surface area contributed by atoms with Gasteiger partial charge in [-0.05, 0) is 6.07 Å². The van der Waals surface area contributed by atoms with Gasteiger partial charge in [-0.2, -0.15) is 0 Å². The highest BCUT2D eigenvalue weighted by Gasteiger charge is 1.96. The summed E-state index contributed by atoms with van der Waals surface area (Å²) < 4.78 is 4.90. The summed E-state index contributed by atoms with van der Waals surface area (Å²) in [6.45, 7) is 1.95. The van der Waals surface area contributed by atoms with E-state index in [1.807, 2.05) is 6.92 Å². The third-order valence-corrected chi connectivity index (χ3v) is 1.09. The van der Waals surface area contributed by atoms with E-state index in [9.17, 15) is 4.91 Å². The summed E-state index contributed by atoms with van der Waals surface area (Å²) in [5.41, 5.74) is 0. The first-order chi connectivity index (χ1) is 4.36. The Morgan fingerprint density at radius 3 is 2.78 bits per heavy atom. The van der Waals surface area contributed by atoms with Gasteiger partial charge < -0.3 is 4.42 Å². The molecule has 0 unspecified atom stereocenters. The maximum Gasteiger partial charge on any atom is 0.260 e. The van der Waals surface area contributed by atoms with Gasteiger partial charge in [0.2, 0.25) is 0 Å². The first-order valence-corrected chi connectivity index (χ1v) is 2.79. The average Bonchev–Trinajstić information content (AvgIpc) is 2.34. The Labute approximate surface area is 52.7 Å². The van der Waals surface area contributed by atoms with E-state index in [0.29, 0.717) is 0 Å². The van der Waals surface area contributed by atoms with E-state index in [1.54, 1.807) is 12.1 Å². The Bertz CT molecular complexity index is 205. The van der Waals surface area contributed by atoms with Crippen LogP contribution in [0.1, 0.15) is 12.7 Å². The summed E-state index contributed by atoms with van der Waals surface area (Å²) in [5.74, 6) is 0.955. The van der Waals surface area contributed by atoms with Crippen molar-refractivity contribution in [3.63, 3.8) is 0 Å². The fraction of sp³-hybridized carbons (Fsp3) is 0.333. The lowest BCUT2D eigenvalue weighted by Gasteiger charge is -1.81. The smallest absolute Gasteiger partial charge is 0.260 e. The number of rotatable bonds is 2. The molecule has 0 fully saturated rings.